The molecule has 0 spiro atoms. The molecule has 106 valence electrons. The quantitative estimate of drug-likeness (QED) is 0.792. The molecule has 3 aromatic rings. The number of fused-ring (bicyclic) bond motifs is 1. The van der Waals surface area contributed by atoms with Crippen molar-refractivity contribution in [3.8, 4) is 0 Å². The van der Waals surface area contributed by atoms with Crippen LogP contribution in [0, 0.1) is 6.92 Å². The SMILES string of the molecule is Cc1nc2cc(CCC(=O)Nc3ccccc3)ccc2o1. The molecule has 1 aromatic heterocycles. The number of carbonyl (C=O) groups excluding carboxylic acids is 1. The molecule has 2 aromatic carbocycles. The molecule has 0 bridgehead atoms. The number of rotatable bonds is 4. The number of hydrogen-bond donors (Lipinski definition) is 1. The molecule has 0 radical (unpaired) electrons. The highest BCUT2D eigenvalue weighted by Crippen LogP contribution is 2.17. The predicted molar refractivity (Wildman–Crippen MR) is 82.1 cm³/mol. The summed E-state index contributed by atoms with van der Waals surface area (Å²) in [5.41, 5.74) is 3.53. The summed E-state index contributed by atoms with van der Waals surface area (Å²) < 4.78 is 5.44. The van der Waals surface area contributed by atoms with E-state index in [4.69, 9.17) is 4.42 Å². The van der Waals surface area contributed by atoms with E-state index in [0.29, 0.717) is 18.7 Å². The number of hydrogen-bond acceptors (Lipinski definition) is 3. The van der Waals surface area contributed by atoms with Crippen LogP contribution in [0.5, 0.6) is 0 Å². The van der Waals surface area contributed by atoms with Crippen molar-refractivity contribution in [1.29, 1.82) is 0 Å². The number of aromatic nitrogens is 1. The maximum absolute atomic E-state index is 11.9. The summed E-state index contributed by atoms with van der Waals surface area (Å²) >= 11 is 0. The lowest BCUT2D eigenvalue weighted by molar-refractivity contribution is -0.116. The molecule has 0 atom stereocenters. The van der Waals surface area contributed by atoms with Gasteiger partial charge < -0.3 is 9.73 Å². The van der Waals surface area contributed by atoms with E-state index in [2.05, 4.69) is 10.3 Å². The highest BCUT2D eigenvalue weighted by atomic mass is 16.3. The zero-order valence-electron chi connectivity index (χ0n) is 11.8. The normalized spacial score (nSPS) is 10.7. The molecule has 0 fully saturated rings. The van der Waals surface area contributed by atoms with Crippen LogP contribution >= 0.6 is 0 Å². The van der Waals surface area contributed by atoms with Crippen molar-refractivity contribution in [3.05, 3.63) is 60.0 Å². The number of benzene rings is 2. The number of aryl methyl sites for hydroxylation is 2. The average Bonchev–Trinajstić information content (AvgIpc) is 2.85. The topological polar surface area (TPSA) is 55.1 Å². The van der Waals surface area contributed by atoms with Crippen molar-refractivity contribution in [2.75, 3.05) is 5.32 Å². The lowest BCUT2D eigenvalue weighted by Gasteiger charge is -2.05. The predicted octanol–water partition coefficient (Wildman–Crippen LogP) is 3.71. The van der Waals surface area contributed by atoms with E-state index in [1.165, 1.54) is 0 Å². The third-order valence-corrected chi connectivity index (χ3v) is 3.26. The lowest BCUT2D eigenvalue weighted by Crippen LogP contribution is -2.12. The van der Waals surface area contributed by atoms with Gasteiger partial charge in [-0.3, -0.25) is 4.79 Å². The number of nitrogens with zero attached hydrogens (tertiary/aromatic N) is 1. The first kappa shape index (κ1) is 13.4. The van der Waals surface area contributed by atoms with Crippen LogP contribution in [0.4, 0.5) is 5.69 Å². The Morgan fingerprint density at radius 3 is 2.81 bits per heavy atom. The van der Waals surface area contributed by atoms with Crippen LogP contribution in [-0.2, 0) is 11.2 Å². The molecule has 1 amide bonds. The summed E-state index contributed by atoms with van der Waals surface area (Å²) in [4.78, 5) is 16.2. The van der Waals surface area contributed by atoms with Gasteiger partial charge >= 0.3 is 0 Å². The lowest BCUT2D eigenvalue weighted by atomic mass is 10.1. The van der Waals surface area contributed by atoms with Crippen molar-refractivity contribution in [3.63, 3.8) is 0 Å². The van der Waals surface area contributed by atoms with E-state index in [0.717, 1.165) is 22.4 Å². The van der Waals surface area contributed by atoms with Gasteiger partial charge in [-0.05, 0) is 36.2 Å². The van der Waals surface area contributed by atoms with Crippen LogP contribution < -0.4 is 5.32 Å². The minimum Gasteiger partial charge on any atom is -0.441 e. The molecule has 0 aliphatic rings. The maximum Gasteiger partial charge on any atom is 0.224 e. The molecule has 21 heavy (non-hydrogen) atoms. The van der Waals surface area contributed by atoms with E-state index in [-0.39, 0.29) is 5.91 Å². The van der Waals surface area contributed by atoms with Crippen LogP contribution in [0.2, 0.25) is 0 Å². The van der Waals surface area contributed by atoms with Crippen LogP contribution in [0.1, 0.15) is 17.9 Å². The molecule has 1 heterocycles. The number of anilines is 1. The fourth-order valence-corrected chi connectivity index (χ4v) is 2.25. The van der Waals surface area contributed by atoms with Crippen molar-refractivity contribution >= 4 is 22.7 Å². The Bertz CT molecular complexity index is 763. The van der Waals surface area contributed by atoms with Gasteiger partial charge in [-0.15, -0.1) is 0 Å². The molecule has 3 rings (SSSR count). The number of nitrogens with one attached hydrogen (secondary N) is 1. The zero-order chi connectivity index (χ0) is 14.7. The van der Waals surface area contributed by atoms with E-state index in [1.54, 1.807) is 0 Å². The smallest absolute Gasteiger partial charge is 0.224 e. The number of carbonyl (C=O) groups is 1. The van der Waals surface area contributed by atoms with Crippen molar-refractivity contribution < 1.29 is 9.21 Å². The molecule has 0 saturated carbocycles. The van der Waals surface area contributed by atoms with Gasteiger partial charge in [-0.25, -0.2) is 4.98 Å². The Morgan fingerprint density at radius 1 is 1.19 bits per heavy atom. The van der Waals surface area contributed by atoms with Gasteiger partial charge in [-0.1, -0.05) is 24.3 Å². The summed E-state index contributed by atoms with van der Waals surface area (Å²) in [5, 5.41) is 2.88. The summed E-state index contributed by atoms with van der Waals surface area (Å²) in [6.07, 6.45) is 1.12. The Hall–Kier alpha value is -2.62. The minimum atomic E-state index is 0.0117. The Kier molecular flexibility index (Phi) is 3.69. The van der Waals surface area contributed by atoms with Gasteiger partial charge in [-0.2, -0.15) is 0 Å². The van der Waals surface area contributed by atoms with Gasteiger partial charge in [0.2, 0.25) is 5.91 Å². The number of amides is 1. The second kappa shape index (κ2) is 5.79. The standard InChI is InChI=1S/C17H16N2O2/c1-12-18-15-11-13(7-9-16(15)21-12)8-10-17(20)19-14-5-3-2-4-6-14/h2-7,9,11H,8,10H2,1H3,(H,19,20). The highest BCUT2D eigenvalue weighted by Gasteiger charge is 2.06. The third-order valence-electron chi connectivity index (χ3n) is 3.26. The number of oxazole rings is 1. The maximum atomic E-state index is 11.9. The molecule has 4 nitrogen and oxygen atoms in total. The van der Waals surface area contributed by atoms with E-state index >= 15 is 0 Å². The largest absolute Gasteiger partial charge is 0.441 e. The van der Waals surface area contributed by atoms with Crippen LogP contribution in [-0.4, -0.2) is 10.9 Å². The van der Waals surface area contributed by atoms with Crippen molar-refractivity contribution in [2.24, 2.45) is 0 Å². The second-order valence-electron chi connectivity index (χ2n) is 4.95. The average molecular weight is 280 g/mol. The van der Waals surface area contributed by atoms with E-state index < -0.39 is 0 Å². The van der Waals surface area contributed by atoms with Gasteiger partial charge in [0, 0.05) is 19.0 Å². The van der Waals surface area contributed by atoms with Crippen LogP contribution in [0.25, 0.3) is 11.1 Å². The molecule has 0 aliphatic heterocycles. The first-order chi connectivity index (χ1) is 10.2. The van der Waals surface area contributed by atoms with Gasteiger partial charge in [0.15, 0.2) is 11.5 Å². The van der Waals surface area contributed by atoms with Gasteiger partial charge in [0.25, 0.3) is 0 Å². The molecular weight excluding hydrogens is 264 g/mol. The number of para-hydroxylation sites is 1. The molecule has 1 N–H and O–H groups in total. The van der Waals surface area contributed by atoms with Crippen LogP contribution in [0.15, 0.2) is 52.9 Å². The Labute approximate surface area is 122 Å². The molecule has 0 saturated heterocycles. The summed E-state index contributed by atoms with van der Waals surface area (Å²) in [6.45, 7) is 1.83. The fraction of sp³-hybridized carbons (Fsp3) is 0.176. The van der Waals surface area contributed by atoms with Crippen molar-refractivity contribution in [2.45, 2.75) is 19.8 Å². The van der Waals surface area contributed by atoms with E-state index in [9.17, 15) is 4.79 Å². The zero-order valence-corrected chi connectivity index (χ0v) is 11.8. The second-order valence-corrected chi connectivity index (χ2v) is 4.95. The van der Waals surface area contributed by atoms with Gasteiger partial charge in [0.1, 0.15) is 5.52 Å². The first-order valence-corrected chi connectivity index (χ1v) is 6.92. The molecule has 0 aliphatic carbocycles. The Balaban J connectivity index is 1.62. The third kappa shape index (κ3) is 3.28. The monoisotopic (exact) mass is 280 g/mol. The molecular formula is C17H16N2O2. The summed E-state index contributed by atoms with van der Waals surface area (Å²) in [6, 6.07) is 15.3. The first-order valence-electron chi connectivity index (χ1n) is 6.92. The minimum absolute atomic E-state index is 0.0117. The van der Waals surface area contributed by atoms with Crippen LogP contribution in [0.3, 0.4) is 0 Å². The van der Waals surface area contributed by atoms with Crippen molar-refractivity contribution in [1.82, 2.24) is 4.98 Å². The summed E-state index contributed by atoms with van der Waals surface area (Å²) in [7, 11) is 0. The molecule has 0 unspecified atom stereocenters. The molecule has 4 heteroatoms. The highest BCUT2D eigenvalue weighted by molar-refractivity contribution is 5.90. The van der Waals surface area contributed by atoms with E-state index in [1.807, 2.05) is 55.5 Å². The summed E-state index contributed by atoms with van der Waals surface area (Å²) in [5.74, 6) is 0.668. The fourth-order valence-electron chi connectivity index (χ4n) is 2.25. The Morgan fingerprint density at radius 2 is 2.00 bits per heavy atom. The van der Waals surface area contributed by atoms with Gasteiger partial charge in [0.05, 0.1) is 0 Å².